The molecule has 0 amide bonds. The van der Waals surface area contributed by atoms with Crippen LogP contribution in [0.1, 0.15) is 98.3 Å². The minimum absolute atomic E-state index is 0.0457. The molecule has 3 aliphatic carbocycles. The summed E-state index contributed by atoms with van der Waals surface area (Å²) in [6, 6.07) is 0. The number of carbonyl (C=O) groups is 2. The van der Waals surface area contributed by atoms with Gasteiger partial charge < -0.3 is 40.8 Å². The average Bonchev–Trinajstić information content (AvgIpc) is 3.48. The van der Waals surface area contributed by atoms with Crippen LogP contribution in [0.2, 0.25) is 0 Å². The van der Waals surface area contributed by atoms with Crippen LogP contribution in [0.5, 0.6) is 0 Å². The van der Waals surface area contributed by atoms with Crippen molar-refractivity contribution in [3.63, 3.8) is 0 Å². The molecule has 0 radical (unpaired) electrons. The lowest BCUT2D eigenvalue weighted by Crippen LogP contribution is -2.96. The first-order valence-corrected chi connectivity index (χ1v) is 21.5. The Hall–Kier alpha value is -1.96. The molecule has 0 aromatic rings. The number of rotatable bonds is 7. The fraction of sp³-hybridized carbons (Fsp3) is 0.814. The fourth-order valence-corrected chi connectivity index (χ4v) is 13.1. The summed E-state index contributed by atoms with van der Waals surface area (Å²) in [4.78, 5) is 27.8. The highest BCUT2D eigenvalue weighted by molar-refractivity contribution is 5.88. The number of esters is 1. The number of quaternary nitrogens is 1. The number of unbranched alkanes of at least 4 members (excludes halogenated alkanes) is 2. The van der Waals surface area contributed by atoms with Crippen molar-refractivity contribution in [3.8, 4) is 0 Å². The topological polar surface area (TPSA) is 183 Å². The number of Topliss-reactive ketones (excluding diaryl/α,β-unsaturated/α-hetero) is 1. The third-order valence-electron chi connectivity index (χ3n) is 15.7. The van der Waals surface area contributed by atoms with E-state index in [1.807, 2.05) is 6.92 Å². The van der Waals surface area contributed by atoms with E-state index in [2.05, 4.69) is 30.6 Å². The first-order valence-electron chi connectivity index (χ1n) is 21.5. The van der Waals surface area contributed by atoms with E-state index in [4.69, 9.17) is 25.7 Å². The van der Waals surface area contributed by atoms with Crippen molar-refractivity contribution in [2.45, 2.75) is 147 Å². The Balaban J connectivity index is 1.34. The van der Waals surface area contributed by atoms with Gasteiger partial charge in [0.1, 0.15) is 23.7 Å². The molecule has 2 bridgehead atoms. The number of ether oxygens (including phenoxy) is 3. The number of allylic oxidation sites excluding steroid dienone is 3. The SMILES string of the molecule is CC=C(C)C(=O)O[C@@H]1CC2C(O)C3C(=O)CC(CO)OC3C3CC4CCNC(N)C4C4=CCC5=C4[C@H]([C@@H](CCCCC)C4C[NH2+]C(N)CC4C5)[C@@]1(C)OC23. The molecule has 8 aliphatic rings. The molecule has 5 heterocycles. The Kier molecular flexibility index (Phi) is 11.1. The Bertz CT molecular complexity index is 1550. The smallest absolute Gasteiger partial charge is 0.333 e. The average molecular weight is 752 g/mol. The van der Waals surface area contributed by atoms with Gasteiger partial charge in [0.2, 0.25) is 0 Å². The molecule has 0 aromatic carbocycles. The van der Waals surface area contributed by atoms with E-state index in [0.717, 1.165) is 70.9 Å². The maximum absolute atomic E-state index is 13.9. The summed E-state index contributed by atoms with van der Waals surface area (Å²) in [6.07, 6.45) is 10.2. The van der Waals surface area contributed by atoms with E-state index in [1.54, 1.807) is 13.0 Å². The van der Waals surface area contributed by atoms with Crippen LogP contribution in [0.3, 0.4) is 0 Å². The van der Waals surface area contributed by atoms with Gasteiger partial charge in [0.15, 0.2) is 0 Å². The normalized spacial score (nSPS) is 47.4. The second-order valence-electron chi connectivity index (χ2n) is 18.6. The van der Waals surface area contributed by atoms with Gasteiger partial charge in [-0.05, 0) is 94.7 Å². The quantitative estimate of drug-likeness (QED) is 0.129. The van der Waals surface area contributed by atoms with E-state index in [9.17, 15) is 19.8 Å². The van der Waals surface area contributed by atoms with Crippen LogP contribution in [0.25, 0.3) is 0 Å². The summed E-state index contributed by atoms with van der Waals surface area (Å²) in [5, 5.41) is 28.6. The van der Waals surface area contributed by atoms with Crippen molar-refractivity contribution in [3.05, 3.63) is 34.4 Å². The predicted molar refractivity (Wildman–Crippen MR) is 203 cm³/mol. The van der Waals surface area contributed by atoms with Crippen molar-refractivity contribution in [1.29, 1.82) is 0 Å². The molecule has 11 heteroatoms. The third-order valence-corrected chi connectivity index (χ3v) is 15.7. The van der Waals surface area contributed by atoms with Crippen LogP contribution in [-0.2, 0) is 23.8 Å². The molecule has 9 N–H and O–H groups in total. The van der Waals surface area contributed by atoms with Gasteiger partial charge in [-0.15, -0.1) is 0 Å². The molecule has 13 unspecified atom stereocenters. The minimum Gasteiger partial charge on any atom is -0.456 e. The third kappa shape index (κ3) is 6.50. The van der Waals surface area contributed by atoms with Gasteiger partial charge in [-0.25, -0.2) is 4.79 Å². The molecular formula is C43H67N4O7+. The second kappa shape index (κ2) is 15.4. The zero-order valence-corrected chi connectivity index (χ0v) is 33.0. The summed E-state index contributed by atoms with van der Waals surface area (Å²) in [5.74, 6) is -0.517. The number of ketones is 1. The highest BCUT2D eigenvalue weighted by Gasteiger charge is 2.66. The van der Waals surface area contributed by atoms with Crippen molar-refractivity contribution >= 4 is 11.8 Å². The van der Waals surface area contributed by atoms with Gasteiger partial charge in [0.25, 0.3) is 0 Å². The van der Waals surface area contributed by atoms with Gasteiger partial charge >= 0.3 is 5.97 Å². The number of hydrogen-bond acceptors (Lipinski definition) is 10. The maximum Gasteiger partial charge on any atom is 0.333 e. The molecule has 54 heavy (non-hydrogen) atoms. The number of hydrogen-bond donors (Lipinski definition) is 6. The molecule has 0 spiro atoms. The van der Waals surface area contributed by atoms with E-state index >= 15 is 0 Å². The van der Waals surface area contributed by atoms with E-state index in [-0.39, 0.29) is 66.7 Å². The predicted octanol–water partition coefficient (Wildman–Crippen LogP) is 2.60. The number of fused-ring (bicyclic) bond motifs is 7. The maximum atomic E-state index is 13.9. The Labute approximate surface area is 321 Å². The number of aliphatic hydroxyl groups is 2. The molecule has 17 atom stereocenters. The highest BCUT2D eigenvalue weighted by atomic mass is 16.6. The van der Waals surface area contributed by atoms with E-state index in [0.29, 0.717) is 23.8 Å². The summed E-state index contributed by atoms with van der Waals surface area (Å²) in [7, 11) is 0. The van der Waals surface area contributed by atoms with Crippen molar-refractivity contribution in [2.24, 2.45) is 64.7 Å². The summed E-state index contributed by atoms with van der Waals surface area (Å²) < 4.78 is 21.1. The van der Waals surface area contributed by atoms with Crippen LogP contribution in [0, 0.1) is 53.3 Å². The van der Waals surface area contributed by atoms with Crippen LogP contribution in [-0.4, -0.2) is 90.1 Å². The number of aliphatic hydroxyl groups excluding tert-OH is 2. The molecule has 6 fully saturated rings. The molecule has 300 valence electrons. The van der Waals surface area contributed by atoms with E-state index in [1.165, 1.54) is 16.7 Å². The van der Waals surface area contributed by atoms with Crippen LogP contribution in [0.15, 0.2) is 34.4 Å². The second-order valence-corrected chi connectivity index (χ2v) is 18.6. The molecule has 5 saturated heterocycles. The van der Waals surface area contributed by atoms with Gasteiger partial charge in [-0.1, -0.05) is 43.9 Å². The highest BCUT2D eigenvalue weighted by Crippen LogP contribution is 2.61. The molecule has 11 nitrogen and oxygen atoms in total. The number of nitrogens with two attached hydrogens (primary N) is 3. The van der Waals surface area contributed by atoms with Crippen LogP contribution >= 0.6 is 0 Å². The van der Waals surface area contributed by atoms with Crippen molar-refractivity contribution < 1.29 is 39.3 Å². The molecule has 0 aromatic heterocycles. The van der Waals surface area contributed by atoms with Gasteiger partial charge in [-0.3, -0.25) is 10.5 Å². The lowest BCUT2D eigenvalue weighted by atomic mass is 9.55. The first-order chi connectivity index (χ1) is 26.0. The van der Waals surface area contributed by atoms with Crippen molar-refractivity contribution in [1.82, 2.24) is 5.32 Å². The van der Waals surface area contributed by atoms with Gasteiger partial charge in [-0.2, -0.15) is 0 Å². The molecular weight excluding hydrogens is 684 g/mol. The first kappa shape index (κ1) is 38.9. The summed E-state index contributed by atoms with van der Waals surface area (Å²) >= 11 is 0. The van der Waals surface area contributed by atoms with Gasteiger partial charge in [0, 0.05) is 48.0 Å². The van der Waals surface area contributed by atoms with E-state index < -0.39 is 48.0 Å². The van der Waals surface area contributed by atoms with Gasteiger partial charge in [0.05, 0.1) is 49.7 Å². The largest absolute Gasteiger partial charge is 0.456 e. The monoisotopic (exact) mass is 752 g/mol. The zero-order valence-electron chi connectivity index (χ0n) is 33.0. The zero-order chi connectivity index (χ0) is 38.1. The minimum atomic E-state index is -1.02. The summed E-state index contributed by atoms with van der Waals surface area (Å²) in [6.45, 7) is 9.62. The summed E-state index contributed by atoms with van der Waals surface area (Å²) in [5.41, 5.74) is 17.7. The lowest BCUT2D eigenvalue weighted by molar-refractivity contribution is -0.707. The number of carbonyl (C=O) groups excluding carboxylic acids is 2. The number of piperidine rings is 2. The van der Waals surface area contributed by atoms with Crippen LogP contribution in [0.4, 0.5) is 0 Å². The van der Waals surface area contributed by atoms with Crippen LogP contribution < -0.4 is 22.1 Å². The lowest BCUT2D eigenvalue weighted by Gasteiger charge is -2.61. The molecule has 1 saturated carbocycles. The fourth-order valence-electron chi connectivity index (χ4n) is 13.1. The molecule has 5 aliphatic heterocycles. The Morgan fingerprint density at radius 1 is 1.11 bits per heavy atom. The Morgan fingerprint density at radius 2 is 1.93 bits per heavy atom. The number of nitrogens with one attached hydrogen (secondary N) is 1. The molecule has 8 rings (SSSR count). The standard InChI is InChI=1S/C43H66N4O7/c1-5-7-8-9-26-30-19-47-33(44)16-24(30)14-22-10-11-27-34(22)37(26)43(4)32(53-42(51)21(3)6-2)18-28-38(50)36-31(49)17-25(20-48)52-40(36)29(39(28)54-43)15-23-12-13-46-41(45)35(23)27/h6,11,23-26,28-30,32-33,35-41,46-48,50H,5,7-10,12-20,44-45H2,1-4H3/p+1/t23?,24?,25?,26-,28?,29?,30?,32+,33?,35?,36?,37-,38?,39?,40?,41?,43-/m0/s1. The Morgan fingerprint density at radius 3 is 2.69 bits per heavy atom. The van der Waals surface area contributed by atoms with Crippen molar-refractivity contribution in [2.75, 3.05) is 19.7 Å².